The summed E-state index contributed by atoms with van der Waals surface area (Å²) in [6.07, 6.45) is 0. The molecule has 0 fully saturated rings. The summed E-state index contributed by atoms with van der Waals surface area (Å²) in [5.74, 6) is -0.518. The second kappa shape index (κ2) is 7.13. The van der Waals surface area contributed by atoms with Crippen LogP contribution < -0.4 is 5.32 Å². The molecule has 21 heavy (non-hydrogen) atoms. The van der Waals surface area contributed by atoms with Gasteiger partial charge in [0.2, 0.25) is 0 Å². The van der Waals surface area contributed by atoms with Crippen molar-refractivity contribution in [2.75, 3.05) is 7.05 Å². The minimum Gasteiger partial charge on any atom is -0.358 e. The summed E-state index contributed by atoms with van der Waals surface area (Å²) < 4.78 is 25.9. The van der Waals surface area contributed by atoms with Crippen LogP contribution in [0.25, 0.3) is 0 Å². The van der Waals surface area contributed by atoms with E-state index in [1.165, 1.54) is 24.3 Å². The van der Waals surface area contributed by atoms with Gasteiger partial charge >= 0.3 is 0 Å². The number of hydrogen-bond acceptors (Lipinski definition) is 1. The zero-order chi connectivity index (χ0) is 15.2. The third-order valence-corrected chi connectivity index (χ3v) is 3.47. The van der Waals surface area contributed by atoms with Crippen LogP contribution in [-0.2, 0) is 13.1 Å². The summed E-state index contributed by atoms with van der Waals surface area (Å²) >= 11 is 5.28. The Kier molecular flexibility index (Phi) is 5.22. The molecule has 1 N–H and O–H groups in total. The predicted octanol–water partition coefficient (Wildman–Crippen LogP) is 3.47. The van der Waals surface area contributed by atoms with Crippen LogP contribution in [-0.4, -0.2) is 17.1 Å². The van der Waals surface area contributed by atoms with E-state index in [4.69, 9.17) is 12.2 Å². The maximum atomic E-state index is 13.1. The van der Waals surface area contributed by atoms with Gasteiger partial charge in [-0.2, -0.15) is 0 Å². The van der Waals surface area contributed by atoms with Gasteiger partial charge in [0.15, 0.2) is 5.11 Å². The van der Waals surface area contributed by atoms with Gasteiger partial charge in [0.05, 0.1) is 0 Å². The SMILES string of the molecule is CN(Cc1cccc(F)c1)C(=S)NCc1ccc(F)cc1. The molecule has 0 saturated carbocycles. The highest BCUT2D eigenvalue weighted by molar-refractivity contribution is 7.80. The molecular formula is C16H16F2N2S. The molecule has 0 aliphatic rings. The number of nitrogens with zero attached hydrogens (tertiary/aromatic N) is 1. The van der Waals surface area contributed by atoms with Crippen molar-refractivity contribution in [2.24, 2.45) is 0 Å². The Morgan fingerprint density at radius 1 is 1.05 bits per heavy atom. The first-order chi connectivity index (χ1) is 10.0. The summed E-state index contributed by atoms with van der Waals surface area (Å²) in [7, 11) is 1.84. The predicted molar refractivity (Wildman–Crippen MR) is 83.7 cm³/mol. The first kappa shape index (κ1) is 15.4. The number of hydrogen-bond donors (Lipinski definition) is 1. The molecule has 0 aromatic heterocycles. The average Bonchev–Trinajstić information content (AvgIpc) is 2.46. The van der Waals surface area contributed by atoms with Crippen LogP contribution in [0.5, 0.6) is 0 Å². The maximum absolute atomic E-state index is 13.1. The van der Waals surface area contributed by atoms with Crippen LogP contribution in [0.2, 0.25) is 0 Å². The Morgan fingerprint density at radius 3 is 2.43 bits per heavy atom. The molecule has 0 spiro atoms. The molecule has 5 heteroatoms. The summed E-state index contributed by atoms with van der Waals surface area (Å²) in [5, 5.41) is 3.65. The monoisotopic (exact) mass is 306 g/mol. The van der Waals surface area contributed by atoms with E-state index in [-0.39, 0.29) is 11.6 Å². The van der Waals surface area contributed by atoms with E-state index in [9.17, 15) is 8.78 Å². The molecule has 0 unspecified atom stereocenters. The molecule has 0 amide bonds. The van der Waals surface area contributed by atoms with Crippen molar-refractivity contribution < 1.29 is 8.78 Å². The number of thiocarbonyl (C=S) groups is 1. The van der Waals surface area contributed by atoms with Crippen molar-refractivity contribution in [3.8, 4) is 0 Å². The van der Waals surface area contributed by atoms with Crippen LogP contribution >= 0.6 is 12.2 Å². The molecular weight excluding hydrogens is 290 g/mol. The number of halogens is 2. The minimum atomic E-state index is -0.260. The molecule has 0 aliphatic carbocycles. The van der Waals surface area contributed by atoms with Crippen LogP contribution in [0.15, 0.2) is 48.5 Å². The van der Waals surface area contributed by atoms with Gasteiger partial charge in [0.1, 0.15) is 11.6 Å². The van der Waals surface area contributed by atoms with E-state index >= 15 is 0 Å². The van der Waals surface area contributed by atoms with Gasteiger partial charge < -0.3 is 10.2 Å². The summed E-state index contributed by atoms with van der Waals surface area (Å²) in [6.45, 7) is 1.04. The quantitative estimate of drug-likeness (QED) is 0.871. The van der Waals surface area contributed by atoms with Crippen LogP contribution in [0.4, 0.5) is 8.78 Å². The van der Waals surface area contributed by atoms with E-state index in [1.807, 2.05) is 18.0 Å². The normalized spacial score (nSPS) is 10.2. The topological polar surface area (TPSA) is 15.3 Å². The van der Waals surface area contributed by atoms with Crippen molar-refractivity contribution in [1.82, 2.24) is 10.2 Å². The van der Waals surface area contributed by atoms with Crippen molar-refractivity contribution in [2.45, 2.75) is 13.1 Å². The fourth-order valence-electron chi connectivity index (χ4n) is 1.90. The lowest BCUT2D eigenvalue weighted by atomic mass is 10.2. The first-order valence-corrected chi connectivity index (χ1v) is 6.93. The van der Waals surface area contributed by atoms with Gasteiger partial charge in [-0.15, -0.1) is 0 Å². The van der Waals surface area contributed by atoms with Crippen LogP contribution in [0.3, 0.4) is 0 Å². The van der Waals surface area contributed by atoms with Gasteiger partial charge in [-0.1, -0.05) is 24.3 Å². The maximum Gasteiger partial charge on any atom is 0.169 e. The summed E-state index contributed by atoms with van der Waals surface area (Å²) in [6, 6.07) is 12.7. The zero-order valence-corrected chi connectivity index (χ0v) is 12.5. The van der Waals surface area contributed by atoms with Gasteiger partial charge in [0, 0.05) is 20.1 Å². The fraction of sp³-hybridized carbons (Fsp3) is 0.188. The number of nitrogens with one attached hydrogen (secondary N) is 1. The largest absolute Gasteiger partial charge is 0.358 e. The molecule has 2 nitrogen and oxygen atoms in total. The molecule has 0 atom stereocenters. The van der Waals surface area contributed by atoms with Crippen LogP contribution in [0.1, 0.15) is 11.1 Å². The van der Waals surface area contributed by atoms with E-state index in [0.29, 0.717) is 18.2 Å². The smallest absolute Gasteiger partial charge is 0.169 e. The molecule has 2 aromatic carbocycles. The number of benzene rings is 2. The molecule has 0 saturated heterocycles. The Hall–Kier alpha value is -2.01. The van der Waals surface area contributed by atoms with Gasteiger partial charge in [-0.3, -0.25) is 0 Å². The highest BCUT2D eigenvalue weighted by atomic mass is 32.1. The van der Waals surface area contributed by atoms with Crippen molar-refractivity contribution in [3.63, 3.8) is 0 Å². The van der Waals surface area contributed by atoms with Crippen LogP contribution in [0, 0.1) is 11.6 Å². The Bertz CT molecular complexity index is 614. The molecule has 0 aliphatic heterocycles. The average molecular weight is 306 g/mol. The second-order valence-corrected chi connectivity index (χ2v) is 5.16. The van der Waals surface area contributed by atoms with E-state index in [0.717, 1.165) is 11.1 Å². The lowest BCUT2D eigenvalue weighted by Gasteiger charge is -2.21. The molecule has 2 aromatic rings. The molecule has 110 valence electrons. The first-order valence-electron chi connectivity index (χ1n) is 6.52. The Balaban J connectivity index is 1.86. The minimum absolute atomic E-state index is 0.258. The second-order valence-electron chi connectivity index (χ2n) is 4.77. The van der Waals surface area contributed by atoms with E-state index in [2.05, 4.69) is 5.32 Å². The van der Waals surface area contributed by atoms with Gasteiger partial charge in [0.25, 0.3) is 0 Å². The van der Waals surface area contributed by atoms with Crippen molar-refractivity contribution in [1.29, 1.82) is 0 Å². The zero-order valence-electron chi connectivity index (χ0n) is 11.6. The lowest BCUT2D eigenvalue weighted by Crippen LogP contribution is -2.36. The van der Waals surface area contributed by atoms with Crippen molar-refractivity contribution in [3.05, 3.63) is 71.3 Å². The third kappa shape index (κ3) is 4.79. The third-order valence-electron chi connectivity index (χ3n) is 3.01. The molecule has 0 bridgehead atoms. The molecule has 0 radical (unpaired) electrons. The molecule has 2 rings (SSSR count). The fourth-order valence-corrected chi connectivity index (χ4v) is 2.03. The van der Waals surface area contributed by atoms with E-state index < -0.39 is 0 Å². The summed E-state index contributed by atoms with van der Waals surface area (Å²) in [4.78, 5) is 1.83. The summed E-state index contributed by atoms with van der Waals surface area (Å²) in [5.41, 5.74) is 1.79. The highest BCUT2D eigenvalue weighted by Gasteiger charge is 2.05. The van der Waals surface area contributed by atoms with Crippen molar-refractivity contribution >= 4 is 17.3 Å². The Morgan fingerprint density at radius 2 is 1.76 bits per heavy atom. The standard InChI is InChI=1S/C16H16F2N2S/c1-20(11-13-3-2-4-15(18)9-13)16(21)19-10-12-5-7-14(17)8-6-12/h2-9H,10-11H2,1H3,(H,19,21). The van der Waals surface area contributed by atoms with Gasteiger partial charge in [-0.05, 0) is 47.6 Å². The Labute approximate surface area is 128 Å². The van der Waals surface area contributed by atoms with Gasteiger partial charge in [-0.25, -0.2) is 8.78 Å². The number of rotatable bonds is 4. The lowest BCUT2D eigenvalue weighted by molar-refractivity contribution is 0.486. The molecule has 0 heterocycles. The van der Waals surface area contributed by atoms with E-state index in [1.54, 1.807) is 18.2 Å². The highest BCUT2D eigenvalue weighted by Crippen LogP contribution is 2.07.